The molecular weight excluding hydrogens is 248 g/mol. The zero-order chi connectivity index (χ0) is 13.1. The van der Waals surface area contributed by atoms with Crippen molar-refractivity contribution in [3.05, 3.63) is 28.8 Å². The first kappa shape index (κ1) is 13.7. The van der Waals surface area contributed by atoms with Gasteiger partial charge in [-0.1, -0.05) is 37.4 Å². The number of aliphatic hydroxyl groups is 1. The van der Waals surface area contributed by atoms with Gasteiger partial charge in [0, 0.05) is 0 Å². The number of methoxy groups -OCH3 is 1. The zero-order valence-electron chi connectivity index (χ0n) is 11.0. The molecule has 1 saturated carbocycles. The summed E-state index contributed by atoms with van der Waals surface area (Å²) in [6.07, 6.45) is 4.14. The van der Waals surface area contributed by atoms with E-state index < -0.39 is 6.10 Å². The summed E-state index contributed by atoms with van der Waals surface area (Å²) in [4.78, 5) is 0. The number of hydrogen-bond donors (Lipinski definition) is 1. The Hall–Kier alpha value is -0.730. The predicted molar refractivity (Wildman–Crippen MR) is 74.1 cm³/mol. The molecular formula is C15H21ClO2. The van der Waals surface area contributed by atoms with Crippen LogP contribution in [0.15, 0.2) is 18.2 Å². The van der Waals surface area contributed by atoms with Crippen LogP contribution in [0.1, 0.15) is 44.3 Å². The average molecular weight is 269 g/mol. The molecule has 1 fully saturated rings. The van der Waals surface area contributed by atoms with E-state index in [1.54, 1.807) is 13.2 Å². The lowest BCUT2D eigenvalue weighted by atomic mass is 9.78. The fourth-order valence-electron chi connectivity index (χ4n) is 2.73. The number of ether oxygens (including phenoxy) is 1. The molecule has 2 rings (SSSR count). The molecule has 0 spiro atoms. The number of halogens is 1. The Morgan fingerprint density at radius 3 is 2.50 bits per heavy atom. The van der Waals surface area contributed by atoms with Crippen LogP contribution in [0.25, 0.3) is 0 Å². The largest absolute Gasteiger partial charge is 0.497 e. The molecule has 18 heavy (non-hydrogen) atoms. The first-order chi connectivity index (χ1) is 8.61. The van der Waals surface area contributed by atoms with Gasteiger partial charge in [0.1, 0.15) is 5.75 Å². The van der Waals surface area contributed by atoms with Crippen molar-refractivity contribution < 1.29 is 9.84 Å². The molecule has 1 aliphatic carbocycles. The van der Waals surface area contributed by atoms with Crippen LogP contribution in [0.3, 0.4) is 0 Å². The van der Waals surface area contributed by atoms with E-state index in [0.717, 1.165) is 30.1 Å². The van der Waals surface area contributed by atoms with Crippen LogP contribution < -0.4 is 4.74 Å². The number of benzene rings is 1. The SMILES string of the molecule is COc1ccc(C(O)C2CCC(C)CC2)c(Cl)c1. The second kappa shape index (κ2) is 5.94. The Morgan fingerprint density at radius 1 is 1.28 bits per heavy atom. The predicted octanol–water partition coefficient (Wildman–Crippen LogP) is 4.21. The third kappa shape index (κ3) is 2.99. The van der Waals surface area contributed by atoms with E-state index in [9.17, 15) is 5.11 Å². The summed E-state index contributed by atoms with van der Waals surface area (Å²) in [6.45, 7) is 2.28. The highest BCUT2D eigenvalue weighted by Gasteiger charge is 2.27. The Morgan fingerprint density at radius 2 is 1.94 bits per heavy atom. The monoisotopic (exact) mass is 268 g/mol. The third-order valence-electron chi connectivity index (χ3n) is 4.03. The summed E-state index contributed by atoms with van der Waals surface area (Å²) in [7, 11) is 1.62. The molecule has 0 radical (unpaired) electrons. The lowest BCUT2D eigenvalue weighted by Crippen LogP contribution is -2.19. The maximum Gasteiger partial charge on any atom is 0.120 e. The van der Waals surface area contributed by atoms with Crippen molar-refractivity contribution >= 4 is 11.6 Å². The maximum atomic E-state index is 10.5. The Labute approximate surface area is 114 Å². The first-order valence-corrected chi connectivity index (χ1v) is 7.01. The molecule has 0 aliphatic heterocycles. The van der Waals surface area contributed by atoms with Crippen LogP contribution >= 0.6 is 11.6 Å². The van der Waals surface area contributed by atoms with E-state index in [4.69, 9.17) is 16.3 Å². The highest BCUT2D eigenvalue weighted by Crippen LogP contribution is 2.39. The van der Waals surface area contributed by atoms with E-state index in [2.05, 4.69) is 6.92 Å². The molecule has 1 aromatic carbocycles. The van der Waals surface area contributed by atoms with Gasteiger partial charge in [-0.3, -0.25) is 0 Å². The standard InChI is InChI=1S/C15H21ClO2/c1-10-3-5-11(6-4-10)15(17)13-8-7-12(18-2)9-14(13)16/h7-11,15,17H,3-6H2,1-2H3. The molecule has 0 heterocycles. The minimum absolute atomic E-state index is 0.340. The molecule has 1 aromatic rings. The Kier molecular flexibility index (Phi) is 4.52. The minimum atomic E-state index is -0.448. The Balaban J connectivity index is 2.11. The smallest absolute Gasteiger partial charge is 0.120 e. The lowest BCUT2D eigenvalue weighted by Gasteiger charge is -2.30. The van der Waals surface area contributed by atoms with Crippen molar-refractivity contribution in [1.82, 2.24) is 0 Å². The van der Waals surface area contributed by atoms with E-state index in [-0.39, 0.29) is 0 Å². The minimum Gasteiger partial charge on any atom is -0.497 e. The number of aliphatic hydroxyl groups excluding tert-OH is 1. The summed E-state index contributed by atoms with van der Waals surface area (Å²) in [5.74, 6) is 1.86. The van der Waals surface area contributed by atoms with Crippen molar-refractivity contribution in [3.63, 3.8) is 0 Å². The summed E-state index contributed by atoms with van der Waals surface area (Å²) in [6, 6.07) is 5.51. The normalized spacial score (nSPS) is 25.8. The summed E-state index contributed by atoms with van der Waals surface area (Å²) >= 11 is 6.21. The van der Waals surface area contributed by atoms with E-state index in [1.165, 1.54) is 12.8 Å². The first-order valence-electron chi connectivity index (χ1n) is 6.63. The second-order valence-electron chi connectivity index (χ2n) is 5.35. The van der Waals surface area contributed by atoms with Crippen molar-refractivity contribution in [2.45, 2.75) is 38.7 Å². The lowest BCUT2D eigenvalue weighted by molar-refractivity contribution is 0.0756. The van der Waals surface area contributed by atoms with Gasteiger partial charge >= 0.3 is 0 Å². The summed E-state index contributed by atoms with van der Waals surface area (Å²) in [5, 5.41) is 11.0. The molecule has 3 heteroatoms. The molecule has 1 aliphatic rings. The average Bonchev–Trinajstić information content (AvgIpc) is 2.38. The van der Waals surface area contributed by atoms with Crippen LogP contribution in [-0.2, 0) is 0 Å². The van der Waals surface area contributed by atoms with Crippen LogP contribution in [0.5, 0.6) is 5.75 Å². The van der Waals surface area contributed by atoms with Gasteiger partial charge in [0.25, 0.3) is 0 Å². The molecule has 100 valence electrons. The fourth-order valence-corrected chi connectivity index (χ4v) is 3.01. The molecule has 0 bridgehead atoms. The third-order valence-corrected chi connectivity index (χ3v) is 4.36. The summed E-state index contributed by atoms with van der Waals surface area (Å²) in [5.41, 5.74) is 0.831. The fraction of sp³-hybridized carbons (Fsp3) is 0.600. The van der Waals surface area contributed by atoms with Crippen molar-refractivity contribution in [2.24, 2.45) is 11.8 Å². The van der Waals surface area contributed by atoms with Gasteiger partial charge in [0.2, 0.25) is 0 Å². The number of hydrogen-bond acceptors (Lipinski definition) is 2. The highest BCUT2D eigenvalue weighted by molar-refractivity contribution is 6.31. The van der Waals surface area contributed by atoms with Crippen LogP contribution in [0.4, 0.5) is 0 Å². The van der Waals surface area contributed by atoms with Crippen LogP contribution in [0, 0.1) is 11.8 Å². The van der Waals surface area contributed by atoms with E-state index in [0.29, 0.717) is 10.9 Å². The van der Waals surface area contributed by atoms with Gasteiger partial charge in [0.15, 0.2) is 0 Å². The molecule has 0 aromatic heterocycles. The molecule has 1 N–H and O–H groups in total. The van der Waals surface area contributed by atoms with Crippen molar-refractivity contribution in [2.75, 3.05) is 7.11 Å². The molecule has 1 atom stereocenters. The molecule has 1 unspecified atom stereocenters. The topological polar surface area (TPSA) is 29.5 Å². The van der Waals surface area contributed by atoms with Crippen molar-refractivity contribution in [3.8, 4) is 5.75 Å². The van der Waals surface area contributed by atoms with Gasteiger partial charge in [-0.05, 0) is 42.4 Å². The van der Waals surface area contributed by atoms with E-state index in [1.807, 2.05) is 12.1 Å². The van der Waals surface area contributed by atoms with E-state index >= 15 is 0 Å². The highest BCUT2D eigenvalue weighted by atomic mass is 35.5. The van der Waals surface area contributed by atoms with Gasteiger partial charge in [-0.25, -0.2) is 0 Å². The molecule has 0 saturated heterocycles. The Bertz CT molecular complexity index is 397. The number of rotatable bonds is 3. The maximum absolute atomic E-state index is 10.5. The van der Waals surface area contributed by atoms with Gasteiger partial charge in [-0.2, -0.15) is 0 Å². The van der Waals surface area contributed by atoms with Crippen LogP contribution in [-0.4, -0.2) is 12.2 Å². The van der Waals surface area contributed by atoms with Gasteiger partial charge < -0.3 is 9.84 Å². The molecule has 2 nitrogen and oxygen atoms in total. The molecule has 0 amide bonds. The quantitative estimate of drug-likeness (QED) is 0.890. The van der Waals surface area contributed by atoms with Crippen molar-refractivity contribution in [1.29, 1.82) is 0 Å². The summed E-state index contributed by atoms with van der Waals surface area (Å²) < 4.78 is 5.12. The van der Waals surface area contributed by atoms with Gasteiger partial charge in [-0.15, -0.1) is 0 Å². The zero-order valence-corrected chi connectivity index (χ0v) is 11.8. The van der Waals surface area contributed by atoms with Crippen LogP contribution in [0.2, 0.25) is 5.02 Å². The van der Waals surface area contributed by atoms with Gasteiger partial charge in [0.05, 0.1) is 18.2 Å². The second-order valence-corrected chi connectivity index (χ2v) is 5.76.